The number of aromatic amines is 1. The van der Waals surface area contributed by atoms with Crippen LogP contribution >= 0.6 is 12.6 Å². The van der Waals surface area contributed by atoms with Gasteiger partial charge in [-0.15, -0.1) is 0 Å². The number of hydrogen-bond donors (Lipinski definition) is 10. The molecule has 2 rings (SSSR count). The van der Waals surface area contributed by atoms with E-state index in [1.807, 2.05) is 0 Å². The molecule has 5 amide bonds. The van der Waals surface area contributed by atoms with Gasteiger partial charge in [0.25, 0.3) is 0 Å². The highest BCUT2D eigenvalue weighted by molar-refractivity contribution is 7.80. The quantitative estimate of drug-likeness (QED) is 0.0668. The standard InChI is InChI=1S/C31H44N8O9S/c1-3-17(2)26(39-29(46)21(9-10-24(40)41)36-27(44)20(32)11-18-7-5-4-6-8-18)31(48)37-22(12-19-13-33-16-35-19)30(47)38-23(15-49)28(45)34-14-25(42)43/h4-8,13,16-17,20-23,26,49H,3,9-12,14-15,32H2,1-2H3,(H,33,35)(H,34,45)(H,36,44)(H,37,48)(H,38,47)(H,39,46)(H,40,41)(H,42,43)/t17-,20-,21-,22-,23-,26-/m0/s1. The first kappa shape index (κ1) is 40.2. The molecule has 1 aromatic carbocycles. The summed E-state index contributed by atoms with van der Waals surface area (Å²) in [6.07, 6.45) is 2.48. The maximum atomic E-state index is 13.7. The van der Waals surface area contributed by atoms with Crippen LogP contribution in [0.15, 0.2) is 42.9 Å². The molecule has 268 valence electrons. The molecular formula is C31H44N8O9S. The Morgan fingerprint density at radius 1 is 0.837 bits per heavy atom. The number of nitrogens with zero attached hydrogens (tertiary/aromatic N) is 1. The van der Waals surface area contributed by atoms with Crippen LogP contribution in [0.25, 0.3) is 0 Å². The molecule has 10 N–H and O–H groups in total. The van der Waals surface area contributed by atoms with Crippen molar-refractivity contribution in [2.45, 2.75) is 76.2 Å². The molecule has 0 fully saturated rings. The van der Waals surface area contributed by atoms with Crippen molar-refractivity contribution in [2.75, 3.05) is 12.3 Å². The van der Waals surface area contributed by atoms with Gasteiger partial charge in [-0.1, -0.05) is 50.6 Å². The van der Waals surface area contributed by atoms with Crippen molar-refractivity contribution in [1.29, 1.82) is 0 Å². The SMILES string of the molecule is CC[C@H](C)[C@H](NC(=O)[C@H](CCC(=O)O)NC(=O)[C@@H](N)Cc1ccccc1)C(=O)N[C@@H](Cc1cnc[nH]1)C(=O)N[C@@H](CS)C(=O)NCC(=O)O. The highest BCUT2D eigenvalue weighted by Gasteiger charge is 2.34. The molecule has 1 heterocycles. The molecule has 1 aromatic heterocycles. The zero-order valence-electron chi connectivity index (χ0n) is 27.2. The van der Waals surface area contributed by atoms with Crippen molar-refractivity contribution >= 4 is 54.1 Å². The lowest BCUT2D eigenvalue weighted by atomic mass is 9.96. The van der Waals surface area contributed by atoms with Crippen LogP contribution in [0.2, 0.25) is 0 Å². The lowest BCUT2D eigenvalue weighted by Gasteiger charge is -2.29. The van der Waals surface area contributed by atoms with Crippen LogP contribution in [0.4, 0.5) is 0 Å². The number of H-pyrrole nitrogens is 1. The van der Waals surface area contributed by atoms with Gasteiger partial charge in [0, 0.05) is 30.5 Å². The number of carbonyl (C=O) groups is 7. The van der Waals surface area contributed by atoms with E-state index in [-0.39, 0.29) is 25.0 Å². The van der Waals surface area contributed by atoms with Crippen molar-refractivity contribution in [3.05, 3.63) is 54.1 Å². The van der Waals surface area contributed by atoms with Crippen LogP contribution in [0, 0.1) is 5.92 Å². The van der Waals surface area contributed by atoms with Crippen molar-refractivity contribution < 1.29 is 43.8 Å². The maximum absolute atomic E-state index is 13.7. The first-order chi connectivity index (χ1) is 23.2. The molecule has 0 aliphatic rings. The summed E-state index contributed by atoms with van der Waals surface area (Å²) in [4.78, 5) is 95.0. The highest BCUT2D eigenvalue weighted by atomic mass is 32.1. The molecule has 0 spiro atoms. The molecule has 0 bridgehead atoms. The summed E-state index contributed by atoms with van der Waals surface area (Å²) in [6, 6.07) is 2.75. The number of aliphatic carboxylic acids is 2. The Morgan fingerprint density at radius 2 is 1.47 bits per heavy atom. The predicted octanol–water partition coefficient (Wildman–Crippen LogP) is -1.50. The van der Waals surface area contributed by atoms with Crippen LogP contribution in [-0.4, -0.2) is 104 Å². The van der Waals surface area contributed by atoms with Crippen molar-refractivity contribution in [3.8, 4) is 0 Å². The number of hydrogen-bond acceptors (Lipinski definition) is 10. The summed E-state index contributed by atoms with van der Waals surface area (Å²) < 4.78 is 0. The molecule has 49 heavy (non-hydrogen) atoms. The van der Waals surface area contributed by atoms with Gasteiger partial charge in [-0.2, -0.15) is 12.6 Å². The van der Waals surface area contributed by atoms with E-state index in [4.69, 9.17) is 10.8 Å². The number of carboxylic acid groups (broad SMARTS) is 2. The van der Waals surface area contributed by atoms with Gasteiger partial charge in [-0.05, 0) is 24.3 Å². The minimum atomic E-state index is -1.35. The summed E-state index contributed by atoms with van der Waals surface area (Å²) in [5, 5.41) is 30.5. The molecule has 0 aliphatic heterocycles. The summed E-state index contributed by atoms with van der Waals surface area (Å²) in [5.74, 6) is -7.09. The van der Waals surface area contributed by atoms with Crippen LogP contribution in [0.1, 0.15) is 44.4 Å². The third-order valence-electron chi connectivity index (χ3n) is 7.55. The van der Waals surface area contributed by atoms with E-state index in [0.29, 0.717) is 12.1 Å². The summed E-state index contributed by atoms with van der Waals surface area (Å²) in [6.45, 7) is 2.76. The van der Waals surface area contributed by atoms with Crippen molar-refractivity contribution in [1.82, 2.24) is 36.6 Å². The number of amides is 5. The first-order valence-electron chi connectivity index (χ1n) is 15.6. The molecule has 18 heteroatoms. The third-order valence-corrected chi connectivity index (χ3v) is 7.91. The largest absolute Gasteiger partial charge is 0.481 e. The van der Waals surface area contributed by atoms with Gasteiger partial charge in [-0.25, -0.2) is 4.98 Å². The maximum Gasteiger partial charge on any atom is 0.322 e. The molecule has 17 nitrogen and oxygen atoms in total. The van der Waals surface area contributed by atoms with Crippen LogP contribution < -0.4 is 32.3 Å². The predicted molar refractivity (Wildman–Crippen MR) is 179 cm³/mol. The molecule has 0 aliphatic carbocycles. The first-order valence-corrected chi connectivity index (χ1v) is 16.2. The molecule has 6 atom stereocenters. The summed E-state index contributed by atoms with van der Waals surface area (Å²) in [7, 11) is 0. The minimum absolute atomic E-state index is 0.106. The van der Waals surface area contributed by atoms with Gasteiger partial charge < -0.3 is 47.5 Å². The van der Waals surface area contributed by atoms with Crippen molar-refractivity contribution in [2.24, 2.45) is 11.7 Å². The van der Waals surface area contributed by atoms with Gasteiger partial charge in [-0.3, -0.25) is 33.6 Å². The normalized spacial score (nSPS) is 14.5. The number of thiol groups is 1. The van der Waals surface area contributed by atoms with Gasteiger partial charge >= 0.3 is 11.9 Å². The summed E-state index contributed by atoms with van der Waals surface area (Å²) in [5.41, 5.74) is 7.31. The molecular weight excluding hydrogens is 660 g/mol. The highest BCUT2D eigenvalue weighted by Crippen LogP contribution is 2.12. The number of nitrogens with one attached hydrogen (secondary N) is 6. The van der Waals surface area contributed by atoms with E-state index in [1.165, 1.54) is 12.5 Å². The van der Waals surface area contributed by atoms with Gasteiger partial charge in [0.1, 0.15) is 30.7 Å². The van der Waals surface area contributed by atoms with E-state index in [0.717, 1.165) is 5.56 Å². The lowest BCUT2D eigenvalue weighted by molar-refractivity contribution is -0.139. The van der Waals surface area contributed by atoms with Crippen LogP contribution in [0.3, 0.4) is 0 Å². The van der Waals surface area contributed by atoms with Gasteiger partial charge in [0.05, 0.1) is 12.4 Å². The summed E-state index contributed by atoms with van der Waals surface area (Å²) >= 11 is 4.07. The number of carboxylic acids is 2. The third kappa shape index (κ3) is 14.0. The Hall–Kier alpha value is -4.97. The fraction of sp³-hybridized carbons (Fsp3) is 0.484. The molecule has 0 saturated carbocycles. The second-order valence-corrected chi connectivity index (χ2v) is 11.7. The van der Waals surface area contributed by atoms with Gasteiger partial charge in [0.15, 0.2) is 0 Å². The number of carbonyl (C=O) groups excluding carboxylic acids is 5. The average molecular weight is 705 g/mol. The Bertz CT molecular complexity index is 1430. The van der Waals surface area contributed by atoms with Crippen molar-refractivity contribution in [3.63, 3.8) is 0 Å². The van der Waals surface area contributed by atoms with Crippen LogP contribution in [-0.2, 0) is 46.4 Å². The molecule has 2 aromatic rings. The fourth-order valence-electron chi connectivity index (χ4n) is 4.57. The smallest absolute Gasteiger partial charge is 0.322 e. The lowest BCUT2D eigenvalue weighted by Crippen LogP contribution is -2.60. The zero-order valence-corrected chi connectivity index (χ0v) is 28.1. The number of imidazole rings is 1. The monoisotopic (exact) mass is 704 g/mol. The fourth-order valence-corrected chi connectivity index (χ4v) is 4.83. The number of aromatic nitrogens is 2. The van der Waals surface area contributed by atoms with E-state index < -0.39 is 90.6 Å². The second kappa shape index (κ2) is 20.4. The average Bonchev–Trinajstić information content (AvgIpc) is 3.59. The molecule has 0 unspecified atom stereocenters. The van der Waals surface area contributed by atoms with E-state index >= 15 is 0 Å². The topological polar surface area (TPSA) is 275 Å². The van der Waals surface area contributed by atoms with Gasteiger partial charge in [0.2, 0.25) is 29.5 Å². The Morgan fingerprint density at radius 3 is 2.04 bits per heavy atom. The minimum Gasteiger partial charge on any atom is -0.481 e. The number of nitrogens with two attached hydrogens (primary N) is 1. The molecule has 0 saturated heterocycles. The van der Waals surface area contributed by atoms with E-state index in [9.17, 15) is 38.7 Å². The molecule has 0 radical (unpaired) electrons. The van der Waals surface area contributed by atoms with Crippen LogP contribution in [0.5, 0.6) is 0 Å². The Balaban J connectivity index is 2.25. The Labute approximate surface area is 288 Å². The second-order valence-electron chi connectivity index (χ2n) is 11.4. The number of benzene rings is 1. The van der Waals surface area contributed by atoms with E-state index in [1.54, 1.807) is 44.2 Å². The number of rotatable bonds is 21. The zero-order chi connectivity index (χ0) is 36.5. The Kier molecular flexibility index (Phi) is 16.7. The van der Waals surface area contributed by atoms with E-state index in [2.05, 4.69) is 49.2 Å².